The Morgan fingerprint density at radius 1 is 1.33 bits per heavy atom. The summed E-state index contributed by atoms with van der Waals surface area (Å²) < 4.78 is 0. The predicted molar refractivity (Wildman–Crippen MR) is 77.0 cm³/mol. The van der Waals surface area contributed by atoms with E-state index >= 15 is 0 Å². The van der Waals surface area contributed by atoms with E-state index in [0.717, 1.165) is 18.4 Å². The lowest BCUT2D eigenvalue weighted by Crippen LogP contribution is -2.46. The first-order valence-electron chi connectivity index (χ1n) is 7.40. The highest BCUT2D eigenvalue weighted by molar-refractivity contribution is 5.80. The Balaban J connectivity index is 1.73. The van der Waals surface area contributed by atoms with Crippen molar-refractivity contribution >= 4 is 5.96 Å². The molecule has 0 radical (unpaired) electrons. The fraction of sp³-hybridized carbons (Fsp3) is 0.929. The van der Waals surface area contributed by atoms with Crippen molar-refractivity contribution in [2.24, 2.45) is 10.9 Å². The van der Waals surface area contributed by atoms with Gasteiger partial charge in [-0.05, 0) is 38.1 Å². The second kappa shape index (κ2) is 6.41. The highest BCUT2D eigenvalue weighted by Gasteiger charge is 2.26. The zero-order valence-corrected chi connectivity index (χ0v) is 12.1. The zero-order valence-electron chi connectivity index (χ0n) is 12.1. The number of hydrogen-bond acceptors (Lipinski definition) is 2. The average Bonchev–Trinajstić information content (AvgIpc) is 3.04. The summed E-state index contributed by atoms with van der Waals surface area (Å²) in [5, 5.41) is 6.92. The van der Waals surface area contributed by atoms with Gasteiger partial charge in [-0.25, -0.2) is 0 Å². The normalized spacial score (nSPS) is 25.8. The van der Waals surface area contributed by atoms with Crippen LogP contribution in [0.25, 0.3) is 0 Å². The second-order valence-electron chi connectivity index (χ2n) is 6.06. The summed E-state index contributed by atoms with van der Waals surface area (Å²) >= 11 is 0. The second-order valence-corrected chi connectivity index (χ2v) is 6.06. The Morgan fingerprint density at radius 2 is 2.11 bits per heavy atom. The van der Waals surface area contributed by atoms with Crippen molar-refractivity contribution in [1.29, 1.82) is 0 Å². The Hall–Kier alpha value is -0.770. The number of rotatable bonds is 5. The summed E-state index contributed by atoms with van der Waals surface area (Å²) in [5.41, 5.74) is 0. The monoisotopic (exact) mass is 252 g/mol. The Labute approximate surface area is 111 Å². The van der Waals surface area contributed by atoms with Crippen molar-refractivity contribution in [3.05, 3.63) is 0 Å². The Kier molecular flexibility index (Phi) is 4.87. The van der Waals surface area contributed by atoms with Crippen molar-refractivity contribution in [2.45, 2.75) is 51.6 Å². The zero-order chi connectivity index (χ0) is 13.0. The lowest BCUT2D eigenvalue weighted by molar-refractivity contribution is 0.226. The Morgan fingerprint density at radius 3 is 2.72 bits per heavy atom. The van der Waals surface area contributed by atoms with Crippen molar-refractivity contribution < 1.29 is 0 Å². The van der Waals surface area contributed by atoms with Gasteiger partial charge in [-0.3, -0.25) is 9.89 Å². The molecule has 18 heavy (non-hydrogen) atoms. The lowest BCUT2D eigenvalue weighted by atomic mass is 10.1. The van der Waals surface area contributed by atoms with Crippen molar-refractivity contribution in [1.82, 2.24) is 15.5 Å². The SMILES string of the molecule is CN=C(NC[C@H]1CCCN1CC(C)C)NC1CC1. The van der Waals surface area contributed by atoms with Crippen molar-refractivity contribution in [2.75, 3.05) is 26.7 Å². The van der Waals surface area contributed by atoms with Gasteiger partial charge in [-0.1, -0.05) is 13.8 Å². The third kappa shape index (κ3) is 4.16. The van der Waals surface area contributed by atoms with Crippen molar-refractivity contribution in [3.8, 4) is 0 Å². The molecule has 4 heteroatoms. The molecule has 1 saturated carbocycles. The quantitative estimate of drug-likeness (QED) is 0.574. The molecule has 0 aromatic carbocycles. The van der Waals surface area contributed by atoms with Gasteiger partial charge in [0.1, 0.15) is 0 Å². The molecule has 1 aliphatic heterocycles. The van der Waals surface area contributed by atoms with Crippen LogP contribution in [-0.2, 0) is 0 Å². The highest BCUT2D eigenvalue weighted by Crippen LogP contribution is 2.19. The molecule has 1 aliphatic carbocycles. The van der Waals surface area contributed by atoms with Crippen LogP contribution in [0, 0.1) is 5.92 Å². The van der Waals surface area contributed by atoms with Crippen LogP contribution >= 0.6 is 0 Å². The topological polar surface area (TPSA) is 39.7 Å². The van der Waals surface area contributed by atoms with Gasteiger partial charge in [0.2, 0.25) is 0 Å². The number of hydrogen-bond donors (Lipinski definition) is 2. The predicted octanol–water partition coefficient (Wildman–Crippen LogP) is 1.43. The molecule has 2 fully saturated rings. The third-order valence-electron chi connectivity index (χ3n) is 3.75. The summed E-state index contributed by atoms with van der Waals surface area (Å²) in [5.74, 6) is 1.74. The summed E-state index contributed by atoms with van der Waals surface area (Å²) in [6.07, 6.45) is 5.25. The maximum absolute atomic E-state index is 4.29. The molecule has 1 atom stereocenters. The minimum atomic E-state index is 0.673. The third-order valence-corrected chi connectivity index (χ3v) is 3.75. The van der Waals surface area contributed by atoms with Gasteiger partial charge >= 0.3 is 0 Å². The van der Waals surface area contributed by atoms with Crippen LogP contribution in [0.4, 0.5) is 0 Å². The molecule has 2 N–H and O–H groups in total. The maximum atomic E-state index is 4.29. The molecule has 1 saturated heterocycles. The standard InChI is InChI=1S/C14H28N4/c1-11(2)10-18-8-4-5-13(18)9-16-14(15-3)17-12-6-7-12/h11-13H,4-10H2,1-3H3,(H2,15,16,17)/t13-/m1/s1. The molecular formula is C14H28N4. The Bertz CT molecular complexity index is 284. The van der Waals surface area contributed by atoms with Gasteiger partial charge < -0.3 is 10.6 Å². The van der Waals surface area contributed by atoms with E-state index in [1.165, 1.54) is 38.8 Å². The molecule has 0 amide bonds. The number of nitrogens with zero attached hydrogens (tertiary/aromatic N) is 2. The number of nitrogens with one attached hydrogen (secondary N) is 2. The largest absolute Gasteiger partial charge is 0.355 e. The molecule has 2 rings (SSSR count). The van der Waals surface area contributed by atoms with E-state index in [0.29, 0.717) is 12.1 Å². The average molecular weight is 252 g/mol. The number of likely N-dealkylation sites (tertiary alicyclic amines) is 1. The minimum Gasteiger partial charge on any atom is -0.355 e. The van der Waals surface area contributed by atoms with Crippen LogP contribution < -0.4 is 10.6 Å². The van der Waals surface area contributed by atoms with E-state index in [4.69, 9.17) is 0 Å². The van der Waals surface area contributed by atoms with Gasteiger partial charge in [0.15, 0.2) is 5.96 Å². The number of guanidine groups is 1. The molecule has 0 unspecified atom stereocenters. The molecule has 0 spiro atoms. The number of aliphatic imine (C=N–C) groups is 1. The summed E-state index contributed by atoms with van der Waals surface area (Å²) in [4.78, 5) is 6.92. The van der Waals surface area contributed by atoms with Crippen LogP contribution in [0.5, 0.6) is 0 Å². The van der Waals surface area contributed by atoms with Crippen LogP contribution in [-0.4, -0.2) is 49.6 Å². The molecule has 0 bridgehead atoms. The van der Waals surface area contributed by atoms with Crippen LogP contribution in [0.3, 0.4) is 0 Å². The molecular weight excluding hydrogens is 224 g/mol. The molecule has 4 nitrogen and oxygen atoms in total. The van der Waals surface area contributed by atoms with Crippen LogP contribution in [0.2, 0.25) is 0 Å². The first kappa shape index (κ1) is 13.7. The maximum Gasteiger partial charge on any atom is 0.191 e. The van der Waals surface area contributed by atoms with E-state index in [9.17, 15) is 0 Å². The van der Waals surface area contributed by atoms with E-state index in [1.54, 1.807) is 0 Å². The first-order valence-corrected chi connectivity index (χ1v) is 7.40. The van der Waals surface area contributed by atoms with E-state index in [2.05, 4.69) is 34.4 Å². The van der Waals surface area contributed by atoms with Gasteiger partial charge in [0.25, 0.3) is 0 Å². The van der Waals surface area contributed by atoms with Gasteiger partial charge in [0.05, 0.1) is 0 Å². The molecule has 1 heterocycles. The van der Waals surface area contributed by atoms with E-state index < -0.39 is 0 Å². The molecule has 0 aromatic heterocycles. The smallest absolute Gasteiger partial charge is 0.191 e. The molecule has 104 valence electrons. The van der Waals surface area contributed by atoms with Crippen molar-refractivity contribution in [3.63, 3.8) is 0 Å². The summed E-state index contributed by atoms with van der Waals surface area (Å²) in [6.45, 7) is 8.12. The minimum absolute atomic E-state index is 0.673. The lowest BCUT2D eigenvalue weighted by Gasteiger charge is -2.27. The van der Waals surface area contributed by atoms with E-state index in [-0.39, 0.29) is 0 Å². The van der Waals surface area contributed by atoms with Gasteiger partial charge in [-0.2, -0.15) is 0 Å². The molecule has 2 aliphatic rings. The molecule has 0 aromatic rings. The van der Waals surface area contributed by atoms with Crippen LogP contribution in [0.15, 0.2) is 4.99 Å². The van der Waals surface area contributed by atoms with E-state index in [1.807, 2.05) is 7.05 Å². The fourth-order valence-corrected chi connectivity index (χ4v) is 2.67. The fourth-order valence-electron chi connectivity index (χ4n) is 2.67. The first-order chi connectivity index (χ1) is 8.69. The van der Waals surface area contributed by atoms with Crippen LogP contribution in [0.1, 0.15) is 39.5 Å². The highest BCUT2D eigenvalue weighted by atomic mass is 15.2. The van der Waals surface area contributed by atoms with Gasteiger partial charge in [-0.15, -0.1) is 0 Å². The summed E-state index contributed by atoms with van der Waals surface area (Å²) in [6, 6.07) is 1.36. The summed E-state index contributed by atoms with van der Waals surface area (Å²) in [7, 11) is 1.86. The van der Waals surface area contributed by atoms with Gasteiger partial charge in [0, 0.05) is 32.2 Å².